The van der Waals surface area contributed by atoms with Crippen LogP contribution in [0.1, 0.15) is 49.4 Å². The van der Waals surface area contributed by atoms with Crippen molar-refractivity contribution in [3.8, 4) is 0 Å². The van der Waals surface area contributed by atoms with Crippen LogP contribution in [0.15, 0.2) is 30.3 Å². The number of hydrogen-bond donors (Lipinski definition) is 1. The summed E-state index contributed by atoms with van der Waals surface area (Å²) in [5.74, 6) is 1.64. The molecular formula is C16H22N4O2S. The Labute approximate surface area is 137 Å². The summed E-state index contributed by atoms with van der Waals surface area (Å²) >= 11 is 0. The SMILES string of the molecule is C[C@H](NS(=O)(=O)Cc1ccccc1)c1nnc2n1CCCCC2. The maximum Gasteiger partial charge on any atom is 0.216 e. The molecule has 1 atom stereocenters. The van der Waals surface area contributed by atoms with Crippen molar-refractivity contribution in [1.29, 1.82) is 0 Å². The molecule has 3 rings (SSSR count). The molecule has 23 heavy (non-hydrogen) atoms. The Hall–Kier alpha value is -1.73. The van der Waals surface area contributed by atoms with Crippen molar-refractivity contribution in [2.24, 2.45) is 0 Å². The second-order valence-corrected chi connectivity index (χ2v) is 7.77. The van der Waals surface area contributed by atoms with E-state index in [1.807, 2.05) is 37.3 Å². The predicted octanol–water partition coefficient (Wildman–Crippen LogP) is 2.19. The van der Waals surface area contributed by atoms with E-state index in [1.165, 1.54) is 6.42 Å². The van der Waals surface area contributed by atoms with Crippen LogP contribution in [0.3, 0.4) is 0 Å². The first-order chi connectivity index (χ1) is 11.1. The molecule has 0 bridgehead atoms. The summed E-state index contributed by atoms with van der Waals surface area (Å²) in [4.78, 5) is 0. The van der Waals surface area contributed by atoms with E-state index in [-0.39, 0.29) is 11.8 Å². The lowest BCUT2D eigenvalue weighted by Gasteiger charge is -2.15. The molecule has 1 aromatic heterocycles. The Morgan fingerprint density at radius 1 is 1.17 bits per heavy atom. The molecule has 1 aliphatic heterocycles. The number of hydrogen-bond acceptors (Lipinski definition) is 4. The first kappa shape index (κ1) is 16.1. The van der Waals surface area contributed by atoms with E-state index in [0.29, 0.717) is 5.82 Å². The van der Waals surface area contributed by atoms with Crippen LogP contribution >= 0.6 is 0 Å². The first-order valence-corrected chi connectivity index (χ1v) is 9.66. The number of benzene rings is 1. The highest BCUT2D eigenvalue weighted by Gasteiger charge is 2.23. The van der Waals surface area contributed by atoms with Gasteiger partial charge in [0.2, 0.25) is 10.0 Å². The van der Waals surface area contributed by atoms with Crippen LogP contribution < -0.4 is 4.72 Å². The van der Waals surface area contributed by atoms with Crippen LogP contribution in [0.2, 0.25) is 0 Å². The first-order valence-electron chi connectivity index (χ1n) is 8.01. The van der Waals surface area contributed by atoms with Crippen LogP contribution in [-0.4, -0.2) is 23.2 Å². The lowest BCUT2D eigenvalue weighted by molar-refractivity contribution is 0.533. The van der Waals surface area contributed by atoms with Gasteiger partial charge in [0.05, 0.1) is 11.8 Å². The van der Waals surface area contributed by atoms with Gasteiger partial charge in [-0.3, -0.25) is 0 Å². The van der Waals surface area contributed by atoms with Crippen molar-refractivity contribution in [2.75, 3.05) is 0 Å². The fourth-order valence-corrected chi connectivity index (χ4v) is 4.34. The van der Waals surface area contributed by atoms with E-state index in [4.69, 9.17) is 0 Å². The second-order valence-electron chi connectivity index (χ2n) is 6.02. The molecule has 7 heteroatoms. The Balaban J connectivity index is 1.74. The highest BCUT2D eigenvalue weighted by Crippen LogP contribution is 2.19. The summed E-state index contributed by atoms with van der Waals surface area (Å²) in [6.45, 7) is 2.69. The zero-order valence-electron chi connectivity index (χ0n) is 13.3. The van der Waals surface area contributed by atoms with E-state index < -0.39 is 10.0 Å². The molecule has 124 valence electrons. The molecular weight excluding hydrogens is 312 g/mol. The number of sulfonamides is 1. The van der Waals surface area contributed by atoms with Gasteiger partial charge < -0.3 is 4.57 Å². The molecule has 1 aliphatic rings. The zero-order chi connectivity index (χ0) is 16.3. The molecule has 1 aromatic carbocycles. The Kier molecular flexibility index (Phi) is 4.77. The predicted molar refractivity (Wildman–Crippen MR) is 88.2 cm³/mol. The highest BCUT2D eigenvalue weighted by atomic mass is 32.2. The largest absolute Gasteiger partial charge is 0.314 e. The van der Waals surface area contributed by atoms with E-state index in [2.05, 4.69) is 19.5 Å². The number of nitrogens with one attached hydrogen (secondary N) is 1. The van der Waals surface area contributed by atoms with Crippen LogP contribution in [0.5, 0.6) is 0 Å². The van der Waals surface area contributed by atoms with Crippen molar-refractivity contribution in [3.63, 3.8) is 0 Å². The summed E-state index contributed by atoms with van der Waals surface area (Å²) in [7, 11) is -3.43. The molecule has 0 saturated carbocycles. The maximum atomic E-state index is 12.4. The van der Waals surface area contributed by atoms with Gasteiger partial charge in [0.25, 0.3) is 0 Å². The molecule has 2 aromatic rings. The fraction of sp³-hybridized carbons (Fsp3) is 0.500. The minimum Gasteiger partial charge on any atom is -0.314 e. The molecule has 0 spiro atoms. The smallest absolute Gasteiger partial charge is 0.216 e. The summed E-state index contributed by atoms with van der Waals surface area (Å²) in [5.41, 5.74) is 0.771. The lowest BCUT2D eigenvalue weighted by Crippen LogP contribution is -2.30. The molecule has 0 aliphatic carbocycles. The van der Waals surface area contributed by atoms with Crippen LogP contribution in [0.4, 0.5) is 0 Å². The number of rotatable bonds is 5. The van der Waals surface area contributed by atoms with Gasteiger partial charge in [0.15, 0.2) is 5.82 Å². The summed E-state index contributed by atoms with van der Waals surface area (Å²) in [6.07, 6.45) is 4.29. The van der Waals surface area contributed by atoms with Gasteiger partial charge in [-0.2, -0.15) is 0 Å². The Morgan fingerprint density at radius 2 is 1.96 bits per heavy atom. The molecule has 0 fully saturated rings. The molecule has 6 nitrogen and oxygen atoms in total. The normalized spacial score (nSPS) is 16.6. The topological polar surface area (TPSA) is 76.9 Å². The number of nitrogens with zero attached hydrogens (tertiary/aromatic N) is 3. The lowest BCUT2D eigenvalue weighted by atomic mass is 10.2. The standard InChI is InChI=1S/C16H22N4O2S/c1-13(16-18-17-15-10-6-3-7-11-20(15)16)19-23(21,22)12-14-8-4-2-5-9-14/h2,4-5,8-9,13,19H,3,6-7,10-12H2,1H3/t13-/m0/s1. The average molecular weight is 334 g/mol. The van der Waals surface area contributed by atoms with Crippen LogP contribution in [-0.2, 0) is 28.7 Å². The van der Waals surface area contributed by atoms with Gasteiger partial charge in [-0.05, 0) is 25.3 Å². The highest BCUT2D eigenvalue weighted by molar-refractivity contribution is 7.88. The van der Waals surface area contributed by atoms with Gasteiger partial charge in [-0.1, -0.05) is 36.8 Å². The summed E-state index contributed by atoms with van der Waals surface area (Å²) in [6, 6.07) is 8.79. The summed E-state index contributed by atoms with van der Waals surface area (Å²) < 4.78 is 29.5. The maximum absolute atomic E-state index is 12.4. The Morgan fingerprint density at radius 3 is 2.74 bits per heavy atom. The number of fused-ring (bicyclic) bond motifs is 1. The van der Waals surface area contributed by atoms with Crippen molar-refractivity contribution in [2.45, 2.75) is 50.9 Å². The fourth-order valence-electron chi connectivity index (χ4n) is 2.99. The van der Waals surface area contributed by atoms with Crippen LogP contribution in [0.25, 0.3) is 0 Å². The molecule has 2 heterocycles. The van der Waals surface area contributed by atoms with Crippen molar-refractivity contribution in [3.05, 3.63) is 47.5 Å². The minimum atomic E-state index is -3.43. The average Bonchev–Trinajstić information content (AvgIpc) is 2.76. The Bertz CT molecular complexity index is 756. The van der Waals surface area contributed by atoms with Crippen molar-refractivity contribution in [1.82, 2.24) is 19.5 Å². The summed E-state index contributed by atoms with van der Waals surface area (Å²) in [5, 5.41) is 8.45. The van der Waals surface area contributed by atoms with E-state index in [9.17, 15) is 8.42 Å². The van der Waals surface area contributed by atoms with Gasteiger partial charge in [0.1, 0.15) is 5.82 Å². The van der Waals surface area contributed by atoms with E-state index >= 15 is 0 Å². The third-order valence-electron chi connectivity index (χ3n) is 4.08. The van der Waals surface area contributed by atoms with Crippen LogP contribution in [0, 0.1) is 0 Å². The molecule has 1 N–H and O–H groups in total. The van der Waals surface area contributed by atoms with E-state index in [0.717, 1.165) is 37.2 Å². The molecule has 0 amide bonds. The monoisotopic (exact) mass is 334 g/mol. The van der Waals surface area contributed by atoms with Gasteiger partial charge >= 0.3 is 0 Å². The third-order valence-corrected chi connectivity index (χ3v) is 5.51. The zero-order valence-corrected chi connectivity index (χ0v) is 14.1. The second kappa shape index (κ2) is 6.80. The van der Waals surface area contributed by atoms with E-state index in [1.54, 1.807) is 0 Å². The van der Waals surface area contributed by atoms with Crippen molar-refractivity contribution >= 4 is 10.0 Å². The van der Waals surface area contributed by atoms with Gasteiger partial charge in [-0.15, -0.1) is 10.2 Å². The van der Waals surface area contributed by atoms with Crippen molar-refractivity contribution < 1.29 is 8.42 Å². The minimum absolute atomic E-state index is 0.0286. The van der Waals surface area contributed by atoms with Gasteiger partial charge in [0, 0.05) is 13.0 Å². The quantitative estimate of drug-likeness (QED) is 0.909. The number of aryl methyl sites for hydroxylation is 1. The molecule has 0 radical (unpaired) electrons. The third kappa shape index (κ3) is 3.97. The molecule has 0 unspecified atom stereocenters. The molecule has 0 saturated heterocycles. The van der Waals surface area contributed by atoms with Gasteiger partial charge in [-0.25, -0.2) is 13.1 Å². The number of aromatic nitrogens is 3.